The van der Waals surface area contributed by atoms with E-state index in [2.05, 4.69) is 5.32 Å². The van der Waals surface area contributed by atoms with Crippen LogP contribution in [0.15, 0.2) is 24.3 Å². The number of urea groups is 1. The van der Waals surface area contributed by atoms with Crippen molar-refractivity contribution in [3.05, 3.63) is 29.3 Å². The molecule has 1 aliphatic heterocycles. The Morgan fingerprint density at radius 3 is 2.72 bits per heavy atom. The Labute approximate surface area is 110 Å². The van der Waals surface area contributed by atoms with E-state index in [-0.39, 0.29) is 12.6 Å². The van der Waals surface area contributed by atoms with Gasteiger partial charge in [0.05, 0.1) is 13.1 Å². The summed E-state index contributed by atoms with van der Waals surface area (Å²) in [5, 5.41) is 13.0. The smallest absolute Gasteiger partial charge is 0.317 e. The Kier molecular flexibility index (Phi) is 3.93. The van der Waals surface area contributed by atoms with Gasteiger partial charge in [-0.2, -0.15) is 0 Å². The molecule has 1 saturated heterocycles. The summed E-state index contributed by atoms with van der Waals surface area (Å²) >= 11 is 5.77. The van der Waals surface area contributed by atoms with Crippen LogP contribution in [0.3, 0.4) is 0 Å². The van der Waals surface area contributed by atoms with Gasteiger partial charge in [0.25, 0.3) is 0 Å². The highest BCUT2D eigenvalue weighted by Gasteiger charge is 2.35. The number of halogens is 1. The number of ether oxygens (including phenoxy) is 1. The number of aliphatic hydroxyl groups excluding tert-OH is 1. The van der Waals surface area contributed by atoms with Gasteiger partial charge in [-0.25, -0.2) is 4.79 Å². The van der Waals surface area contributed by atoms with E-state index >= 15 is 0 Å². The van der Waals surface area contributed by atoms with Crippen LogP contribution in [-0.2, 0) is 0 Å². The molecule has 2 N–H and O–H groups in total. The SMILES string of the molecule is CNC(=O)N1C[C@H](Oc2ccc(Cl)cc2)[C@@H](O)C1. The summed E-state index contributed by atoms with van der Waals surface area (Å²) in [4.78, 5) is 13.0. The Hall–Kier alpha value is -1.46. The molecule has 2 atom stereocenters. The molecule has 0 spiro atoms. The summed E-state index contributed by atoms with van der Waals surface area (Å²) in [6.07, 6.45) is -1.10. The van der Waals surface area contributed by atoms with Crippen molar-refractivity contribution in [3.8, 4) is 5.75 Å². The second kappa shape index (κ2) is 5.46. The van der Waals surface area contributed by atoms with Crippen LogP contribution in [-0.4, -0.2) is 48.4 Å². The average Bonchev–Trinajstić information content (AvgIpc) is 2.73. The first-order chi connectivity index (χ1) is 8.60. The van der Waals surface area contributed by atoms with Gasteiger partial charge in [0.15, 0.2) is 0 Å². The van der Waals surface area contributed by atoms with Crippen LogP contribution >= 0.6 is 11.6 Å². The van der Waals surface area contributed by atoms with Crippen LogP contribution in [0.4, 0.5) is 4.79 Å². The second-order valence-corrected chi connectivity index (χ2v) is 4.57. The van der Waals surface area contributed by atoms with Crippen molar-refractivity contribution in [2.24, 2.45) is 0 Å². The van der Waals surface area contributed by atoms with Gasteiger partial charge in [-0.3, -0.25) is 0 Å². The highest BCUT2D eigenvalue weighted by atomic mass is 35.5. The van der Waals surface area contributed by atoms with Gasteiger partial charge in [0, 0.05) is 12.1 Å². The fourth-order valence-corrected chi connectivity index (χ4v) is 2.01. The van der Waals surface area contributed by atoms with Gasteiger partial charge in [-0.15, -0.1) is 0 Å². The van der Waals surface area contributed by atoms with Gasteiger partial charge >= 0.3 is 6.03 Å². The Bertz CT molecular complexity index is 424. The zero-order valence-electron chi connectivity index (χ0n) is 9.97. The first-order valence-corrected chi connectivity index (χ1v) is 6.05. The van der Waals surface area contributed by atoms with Crippen molar-refractivity contribution < 1.29 is 14.6 Å². The number of benzene rings is 1. The zero-order chi connectivity index (χ0) is 13.1. The molecular weight excluding hydrogens is 256 g/mol. The van der Waals surface area contributed by atoms with Crippen molar-refractivity contribution >= 4 is 17.6 Å². The monoisotopic (exact) mass is 270 g/mol. The maximum atomic E-state index is 11.4. The first-order valence-electron chi connectivity index (χ1n) is 5.67. The molecule has 1 heterocycles. The van der Waals surface area contributed by atoms with Gasteiger partial charge in [-0.05, 0) is 24.3 Å². The Balaban J connectivity index is 1.98. The summed E-state index contributed by atoms with van der Waals surface area (Å²) in [5.41, 5.74) is 0. The zero-order valence-corrected chi connectivity index (χ0v) is 10.7. The first kappa shape index (κ1) is 13.0. The van der Waals surface area contributed by atoms with Crippen molar-refractivity contribution in [1.82, 2.24) is 10.2 Å². The summed E-state index contributed by atoms with van der Waals surface area (Å²) in [6, 6.07) is 6.69. The largest absolute Gasteiger partial charge is 0.486 e. The highest BCUT2D eigenvalue weighted by Crippen LogP contribution is 2.20. The molecule has 1 aliphatic rings. The number of nitrogens with zero attached hydrogens (tertiary/aromatic N) is 1. The third-order valence-corrected chi connectivity index (χ3v) is 3.09. The molecule has 0 aliphatic carbocycles. The number of hydrogen-bond acceptors (Lipinski definition) is 3. The number of carbonyl (C=O) groups is 1. The molecule has 6 heteroatoms. The van der Waals surface area contributed by atoms with E-state index < -0.39 is 12.2 Å². The summed E-state index contributed by atoms with van der Waals surface area (Å²) in [6.45, 7) is 0.640. The van der Waals surface area contributed by atoms with Crippen LogP contribution in [0.2, 0.25) is 5.02 Å². The molecule has 0 bridgehead atoms. The van der Waals surface area contributed by atoms with Crippen molar-refractivity contribution in [1.29, 1.82) is 0 Å². The predicted octanol–water partition coefficient (Wildman–Crippen LogP) is 1.10. The van der Waals surface area contributed by atoms with Gasteiger partial charge in [0.2, 0.25) is 0 Å². The Morgan fingerprint density at radius 2 is 2.11 bits per heavy atom. The topological polar surface area (TPSA) is 61.8 Å². The Morgan fingerprint density at radius 1 is 1.44 bits per heavy atom. The fraction of sp³-hybridized carbons (Fsp3) is 0.417. The van der Waals surface area contributed by atoms with Crippen molar-refractivity contribution in [3.63, 3.8) is 0 Å². The molecule has 18 heavy (non-hydrogen) atoms. The molecule has 2 rings (SSSR count). The van der Waals surface area contributed by atoms with Crippen molar-refractivity contribution in [2.45, 2.75) is 12.2 Å². The molecule has 2 amide bonds. The lowest BCUT2D eigenvalue weighted by atomic mass is 10.2. The number of amides is 2. The summed E-state index contributed by atoms with van der Waals surface area (Å²) < 4.78 is 5.64. The number of carbonyl (C=O) groups excluding carboxylic acids is 1. The predicted molar refractivity (Wildman–Crippen MR) is 67.9 cm³/mol. The molecule has 98 valence electrons. The van der Waals surface area contributed by atoms with Gasteiger partial charge < -0.3 is 20.1 Å². The highest BCUT2D eigenvalue weighted by molar-refractivity contribution is 6.30. The number of nitrogens with one attached hydrogen (secondary N) is 1. The molecule has 1 fully saturated rings. The quantitative estimate of drug-likeness (QED) is 0.846. The molecule has 0 unspecified atom stereocenters. The van der Waals surface area contributed by atoms with Gasteiger partial charge in [0.1, 0.15) is 18.0 Å². The molecule has 0 saturated carbocycles. The van der Waals surface area contributed by atoms with E-state index in [1.165, 1.54) is 4.90 Å². The van der Waals surface area contributed by atoms with Crippen LogP contribution in [0.25, 0.3) is 0 Å². The fourth-order valence-electron chi connectivity index (χ4n) is 1.88. The van der Waals surface area contributed by atoms with E-state index in [1.807, 2.05) is 0 Å². The third kappa shape index (κ3) is 2.86. The average molecular weight is 271 g/mol. The van der Waals surface area contributed by atoms with E-state index in [0.29, 0.717) is 17.3 Å². The summed E-state index contributed by atoms with van der Waals surface area (Å²) in [7, 11) is 1.56. The minimum Gasteiger partial charge on any atom is -0.486 e. The normalized spacial score (nSPS) is 22.9. The maximum Gasteiger partial charge on any atom is 0.317 e. The van der Waals surface area contributed by atoms with Gasteiger partial charge in [-0.1, -0.05) is 11.6 Å². The molecule has 5 nitrogen and oxygen atoms in total. The van der Waals surface area contributed by atoms with E-state index in [0.717, 1.165) is 0 Å². The lowest BCUT2D eigenvalue weighted by Gasteiger charge is -2.16. The van der Waals surface area contributed by atoms with E-state index in [1.54, 1.807) is 31.3 Å². The van der Waals surface area contributed by atoms with E-state index in [9.17, 15) is 9.90 Å². The second-order valence-electron chi connectivity index (χ2n) is 4.14. The third-order valence-electron chi connectivity index (χ3n) is 2.84. The van der Waals surface area contributed by atoms with Crippen LogP contribution in [0.1, 0.15) is 0 Å². The standard InChI is InChI=1S/C12H15ClN2O3/c1-14-12(17)15-6-10(16)11(7-15)18-9-4-2-8(13)3-5-9/h2-5,10-11,16H,6-7H2,1H3,(H,14,17)/t10-,11-/m0/s1. The minimum absolute atomic E-state index is 0.212. The number of hydrogen-bond donors (Lipinski definition) is 2. The molecule has 0 radical (unpaired) electrons. The molecular formula is C12H15ClN2O3. The molecule has 1 aromatic rings. The number of rotatable bonds is 2. The van der Waals surface area contributed by atoms with Crippen molar-refractivity contribution in [2.75, 3.05) is 20.1 Å². The van der Waals surface area contributed by atoms with Crippen LogP contribution < -0.4 is 10.1 Å². The number of likely N-dealkylation sites (tertiary alicyclic amines) is 1. The lowest BCUT2D eigenvalue weighted by molar-refractivity contribution is 0.0737. The minimum atomic E-state index is -0.682. The molecule has 0 aromatic heterocycles. The maximum absolute atomic E-state index is 11.4. The lowest BCUT2D eigenvalue weighted by Crippen LogP contribution is -2.37. The number of aliphatic hydroxyl groups is 1. The summed E-state index contributed by atoms with van der Waals surface area (Å²) in [5.74, 6) is 0.627. The van der Waals surface area contributed by atoms with Crippen LogP contribution in [0.5, 0.6) is 5.75 Å². The molecule has 1 aromatic carbocycles. The number of β-amino-alcohol motifs (C(OH)–C–C–N with tert-alkyl or cyclic N) is 1. The van der Waals surface area contributed by atoms with Crippen LogP contribution in [0, 0.1) is 0 Å². The van der Waals surface area contributed by atoms with E-state index in [4.69, 9.17) is 16.3 Å².